The molecule has 0 N–H and O–H groups in total. The lowest BCUT2D eigenvalue weighted by Gasteiger charge is -2.62. The molecule has 0 radical (unpaired) electrons. The van der Waals surface area contributed by atoms with Crippen molar-refractivity contribution in [2.24, 2.45) is 58.4 Å². The normalized spacial score (nSPS) is 57.7. The highest BCUT2D eigenvalue weighted by atomic mass is 17.2. The smallest absolute Gasteiger partial charge is 0.136 e. The molecule has 8 nitrogen and oxygen atoms in total. The van der Waals surface area contributed by atoms with Crippen LogP contribution >= 0.6 is 0 Å². The summed E-state index contributed by atoms with van der Waals surface area (Å²) in [5.74, 6) is 4.16. The molecule has 6 saturated heterocycles. The van der Waals surface area contributed by atoms with Gasteiger partial charge in [0.2, 0.25) is 0 Å². The van der Waals surface area contributed by atoms with Gasteiger partial charge in [0.25, 0.3) is 0 Å². The molecule has 0 unspecified atom stereocenters. The van der Waals surface area contributed by atoms with Gasteiger partial charge in [0.1, 0.15) is 35.1 Å². The van der Waals surface area contributed by atoms with Crippen molar-refractivity contribution in [1.82, 2.24) is 0 Å². The molecule has 6 aliphatic heterocycles. The van der Waals surface area contributed by atoms with Gasteiger partial charge in [0.05, 0.1) is 24.0 Å². The summed E-state index contributed by atoms with van der Waals surface area (Å²) >= 11 is 0. The summed E-state index contributed by atoms with van der Waals surface area (Å²) in [5.41, 5.74) is -0.257. The molecule has 11 fully saturated rings. The largest absolute Gasteiger partial charge is 0.395 e. The van der Waals surface area contributed by atoms with E-state index in [-0.39, 0.29) is 52.7 Å². The average Bonchev–Trinajstić information content (AvgIpc) is 3.89. The summed E-state index contributed by atoms with van der Waals surface area (Å²) in [6.45, 7) is 14.8. The number of hydrogen-bond donors (Lipinski definition) is 0. The lowest BCUT2D eigenvalue weighted by atomic mass is 9.55. The Morgan fingerprint density at radius 3 is 1.80 bits per heavy atom. The zero-order valence-corrected chi connectivity index (χ0v) is 29.2. The molecule has 5 aliphatic carbocycles. The third kappa shape index (κ3) is 4.55. The minimum absolute atomic E-state index is 0.00187. The van der Waals surface area contributed by atoms with Crippen LogP contribution in [-0.4, -0.2) is 59.1 Å². The van der Waals surface area contributed by atoms with Crippen LogP contribution in [0.4, 0.5) is 0 Å². The van der Waals surface area contributed by atoms with Crippen molar-refractivity contribution in [3.8, 4) is 0 Å². The first-order valence-electron chi connectivity index (χ1n) is 19.3. The van der Waals surface area contributed by atoms with E-state index in [4.69, 9.17) is 39.0 Å². The first-order chi connectivity index (χ1) is 22.1. The van der Waals surface area contributed by atoms with E-state index in [0.29, 0.717) is 54.0 Å². The van der Waals surface area contributed by atoms with Crippen LogP contribution in [0.3, 0.4) is 0 Å². The Hall–Kier alpha value is -0.770. The van der Waals surface area contributed by atoms with Gasteiger partial charge in [0.15, 0.2) is 0 Å². The number of rotatable bonds is 6. The maximum absolute atomic E-state index is 7.34. The summed E-state index contributed by atoms with van der Waals surface area (Å²) in [7, 11) is 0. The van der Waals surface area contributed by atoms with Crippen molar-refractivity contribution in [2.75, 3.05) is 6.61 Å². The molecule has 6 heterocycles. The Morgan fingerprint density at radius 1 is 0.652 bits per heavy atom. The van der Waals surface area contributed by atoms with Crippen molar-refractivity contribution in [3.63, 3.8) is 0 Å². The number of ether oxygens (including phenoxy) is 2. The maximum atomic E-state index is 7.34. The SMILES string of the molecule is C[C@H]1[C@@H](C(C[C@H]2O[C@@H]3C[C@]4(C)CC[C@H]5[C@H](C)CC[C@@H]([C@H]2C)[C@@]35OO4)=NOCC2CC2)O[C@@H]2C[C@]3(C)CC[C@H]4[C@H](C)CC[C@@H]1[C@@]24OO3. The third-order valence-electron chi connectivity index (χ3n) is 15.5. The summed E-state index contributed by atoms with van der Waals surface area (Å²) in [6.07, 6.45) is 14.2. The summed E-state index contributed by atoms with van der Waals surface area (Å²) < 4.78 is 14.6. The van der Waals surface area contributed by atoms with Crippen LogP contribution in [0.2, 0.25) is 0 Å². The zero-order valence-electron chi connectivity index (χ0n) is 29.2. The lowest BCUT2D eigenvalue weighted by molar-refractivity contribution is -0.487. The fourth-order valence-electron chi connectivity index (χ4n) is 12.5. The summed E-state index contributed by atoms with van der Waals surface area (Å²) in [4.78, 5) is 32.0. The van der Waals surface area contributed by atoms with Crippen LogP contribution in [0.15, 0.2) is 5.16 Å². The van der Waals surface area contributed by atoms with Gasteiger partial charge in [-0.25, -0.2) is 19.6 Å². The Kier molecular flexibility index (Phi) is 7.37. The quantitative estimate of drug-likeness (QED) is 0.168. The minimum Gasteiger partial charge on any atom is -0.395 e. The van der Waals surface area contributed by atoms with Gasteiger partial charge in [-0.15, -0.1) is 0 Å². The van der Waals surface area contributed by atoms with Crippen LogP contribution in [0.25, 0.3) is 0 Å². The third-order valence-corrected chi connectivity index (χ3v) is 15.5. The number of fused-ring (bicyclic) bond motifs is 4. The first kappa shape index (κ1) is 31.2. The van der Waals surface area contributed by atoms with Gasteiger partial charge in [-0.05, 0) is 131 Å². The van der Waals surface area contributed by atoms with E-state index in [2.05, 4.69) is 41.5 Å². The molecule has 16 atom stereocenters. The second-order valence-corrected chi connectivity index (χ2v) is 18.4. The highest BCUT2D eigenvalue weighted by Gasteiger charge is 2.70. The second kappa shape index (κ2) is 10.9. The minimum atomic E-state index is -0.370. The molecule has 0 aromatic heterocycles. The van der Waals surface area contributed by atoms with Crippen molar-refractivity contribution in [1.29, 1.82) is 0 Å². The zero-order chi connectivity index (χ0) is 31.6. The van der Waals surface area contributed by atoms with E-state index in [9.17, 15) is 0 Å². The van der Waals surface area contributed by atoms with E-state index in [1.807, 2.05) is 0 Å². The average molecular weight is 642 g/mol. The van der Waals surface area contributed by atoms with Gasteiger partial charge in [0, 0.05) is 19.3 Å². The highest BCUT2D eigenvalue weighted by molar-refractivity contribution is 5.89. The van der Waals surface area contributed by atoms with Crippen molar-refractivity contribution < 1.29 is 33.9 Å². The van der Waals surface area contributed by atoms with Crippen LogP contribution in [0, 0.1) is 53.3 Å². The molecular formula is C38H59NO7. The Morgan fingerprint density at radius 2 is 1.22 bits per heavy atom. The van der Waals surface area contributed by atoms with Gasteiger partial charge >= 0.3 is 0 Å². The van der Waals surface area contributed by atoms with Crippen molar-refractivity contribution in [3.05, 3.63) is 0 Å². The lowest BCUT2D eigenvalue weighted by Crippen LogP contribution is -2.71. The Labute approximate surface area is 276 Å². The predicted octanol–water partition coefficient (Wildman–Crippen LogP) is 7.58. The highest BCUT2D eigenvalue weighted by Crippen LogP contribution is 2.63. The molecule has 46 heavy (non-hydrogen) atoms. The number of hydrogen-bond acceptors (Lipinski definition) is 8. The fourth-order valence-corrected chi connectivity index (χ4v) is 12.5. The van der Waals surface area contributed by atoms with Crippen LogP contribution in [-0.2, 0) is 33.9 Å². The van der Waals surface area contributed by atoms with E-state index in [1.165, 1.54) is 32.1 Å². The van der Waals surface area contributed by atoms with E-state index in [1.54, 1.807) is 0 Å². The maximum Gasteiger partial charge on any atom is 0.136 e. The van der Waals surface area contributed by atoms with Crippen LogP contribution in [0.5, 0.6) is 0 Å². The Bertz CT molecular complexity index is 1230. The van der Waals surface area contributed by atoms with Crippen molar-refractivity contribution in [2.45, 2.75) is 172 Å². The predicted molar refractivity (Wildman–Crippen MR) is 171 cm³/mol. The molecule has 11 rings (SSSR count). The molecule has 0 aromatic carbocycles. The van der Waals surface area contributed by atoms with Gasteiger partial charge < -0.3 is 14.3 Å². The summed E-state index contributed by atoms with van der Waals surface area (Å²) in [6, 6.07) is 0. The molecule has 11 aliphatic rings. The molecule has 0 aromatic rings. The molecule has 258 valence electrons. The fraction of sp³-hybridized carbons (Fsp3) is 0.974. The first-order valence-corrected chi connectivity index (χ1v) is 19.3. The molecule has 2 spiro atoms. The molecular weight excluding hydrogens is 582 g/mol. The van der Waals surface area contributed by atoms with Crippen LogP contribution in [0.1, 0.15) is 125 Å². The van der Waals surface area contributed by atoms with E-state index >= 15 is 0 Å². The van der Waals surface area contributed by atoms with Gasteiger partial charge in [-0.2, -0.15) is 0 Å². The number of oxime groups is 1. The van der Waals surface area contributed by atoms with Gasteiger partial charge in [-0.3, -0.25) is 0 Å². The monoisotopic (exact) mass is 641 g/mol. The summed E-state index contributed by atoms with van der Waals surface area (Å²) in [5, 5.41) is 5.02. The van der Waals surface area contributed by atoms with E-state index < -0.39 is 0 Å². The van der Waals surface area contributed by atoms with E-state index in [0.717, 1.165) is 57.1 Å². The molecule has 4 bridgehead atoms. The molecule has 8 heteroatoms. The standard InChI is InChI=1S/C38H59NO7/c1-21-7-11-28-23(3)31(41-32-18-35(5)15-13-26(21)37(28,32)45-43-35)17-30(39-40-20-25-9-10-25)34-24(4)29-12-8-22(2)27-14-16-36(6)19-33(42-34)38(27,29)46-44-36/h21-29,31-34H,7-20H2,1-6H3/t21-,22-,23-,24-,26+,27+,28+,29+,31-,32-,33-,34+,35+,36+,37-,38-/m1/s1. The Balaban J connectivity index is 1.04. The molecule has 0 amide bonds. The van der Waals surface area contributed by atoms with Gasteiger partial charge in [-0.1, -0.05) is 32.9 Å². The van der Waals surface area contributed by atoms with Crippen molar-refractivity contribution >= 4 is 5.71 Å². The number of nitrogens with zero attached hydrogens (tertiary/aromatic N) is 1. The second-order valence-electron chi connectivity index (χ2n) is 18.4. The topological polar surface area (TPSA) is 77.0 Å². The molecule has 5 saturated carbocycles. The van der Waals surface area contributed by atoms with Crippen LogP contribution < -0.4 is 0 Å².